The molecule has 0 fully saturated rings. The normalized spacial score (nSPS) is 9.00. The van der Waals surface area contributed by atoms with Crippen LogP contribution in [0.4, 0.5) is 0 Å². The van der Waals surface area contributed by atoms with Crippen LogP contribution in [0.25, 0.3) is 0 Å². The summed E-state index contributed by atoms with van der Waals surface area (Å²) in [6.45, 7) is 7.39. The van der Waals surface area contributed by atoms with Crippen LogP contribution in [0, 0.1) is 5.92 Å². The second kappa shape index (κ2) is 2.56. The third kappa shape index (κ3) is 2.15. The molecular weight excluding hydrogens is 88.1 g/mol. The zero-order valence-corrected chi connectivity index (χ0v) is 4.77. The van der Waals surface area contributed by atoms with Crippen LogP contribution < -0.4 is 0 Å². The second-order valence-corrected chi connectivity index (χ2v) is 1.85. The van der Waals surface area contributed by atoms with Gasteiger partial charge in [-0.3, -0.25) is 4.79 Å². The van der Waals surface area contributed by atoms with Crippen molar-refractivity contribution in [3.05, 3.63) is 12.2 Å². The Balaban J connectivity index is 3.56. The summed E-state index contributed by atoms with van der Waals surface area (Å²) in [6, 6.07) is 0. The molecule has 0 atom stereocenters. The predicted octanol–water partition coefficient (Wildman–Crippen LogP) is 1.40. The molecule has 0 spiro atoms. The first kappa shape index (κ1) is 6.41. The van der Waals surface area contributed by atoms with Gasteiger partial charge in [-0.25, -0.2) is 0 Å². The Bertz CT molecular complexity index is 82.2. The lowest BCUT2D eigenvalue weighted by atomic mass is 10.1. The van der Waals surface area contributed by atoms with Gasteiger partial charge in [0.05, 0.1) is 0 Å². The van der Waals surface area contributed by atoms with Crippen LogP contribution in [-0.2, 0) is 4.79 Å². The fraction of sp³-hybridized carbons (Fsp3) is 0.500. The minimum Gasteiger partial charge on any atom is -0.298 e. The van der Waals surface area contributed by atoms with E-state index in [0.29, 0.717) is 11.5 Å². The molecule has 0 unspecified atom stereocenters. The Hall–Kier alpha value is -0.590. The highest BCUT2D eigenvalue weighted by molar-refractivity contribution is 5.72. The zero-order valence-electron chi connectivity index (χ0n) is 4.77. The smallest absolute Gasteiger partial charge is 0.145 e. The number of allylic oxidation sites excluding steroid dienone is 1. The van der Waals surface area contributed by atoms with E-state index in [0.717, 1.165) is 6.29 Å². The molecule has 0 N–H and O–H groups in total. The molecule has 0 aliphatic carbocycles. The van der Waals surface area contributed by atoms with Gasteiger partial charge in [0.1, 0.15) is 6.29 Å². The Labute approximate surface area is 44.0 Å². The first-order chi connectivity index (χ1) is 3.18. The van der Waals surface area contributed by atoms with Gasteiger partial charge in [0.2, 0.25) is 0 Å². The number of hydrogen-bond donors (Lipinski definition) is 0. The molecule has 0 aliphatic rings. The van der Waals surface area contributed by atoms with Crippen molar-refractivity contribution < 1.29 is 4.79 Å². The Morgan fingerprint density at radius 3 is 2.14 bits per heavy atom. The molecule has 40 valence electrons. The van der Waals surface area contributed by atoms with Gasteiger partial charge in [-0.2, -0.15) is 0 Å². The molecule has 0 aromatic rings. The molecule has 0 saturated carbocycles. The average molecular weight is 98.1 g/mol. The van der Waals surface area contributed by atoms with Crippen LogP contribution in [0.15, 0.2) is 12.2 Å². The maximum atomic E-state index is 9.85. The lowest BCUT2D eigenvalue weighted by Gasteiger charge is -1.96. The Morgan fingerprint density at radius 2 is 2.14 bits per heavy atom. The molecule has 0 heterocycles. The number of hydrogen-bond acceptors (Lipinski definition) is 1. The lowest BCUT2D eigenvalue weighted by molar-refractivity contribution is -0.105. The third-order valence-electron chi connectivity index (χ3n) is 0.893. The van der Waals surface area contributed by atoms with E-state index >= 15 is 0 Å². The van der Waals surface area contributed by atoms with E-state index in [4.69, 9.17) is 0 Å². The molecule has 1 nitrogen and oxygen atoms in total. The predicted molar refractivity (Wildman–Crippen MR) is 30.0 cm³/mol. The molecule has 0 radical (unpaired) electrons. The monoisotopic (exact) mass is 98.1 g/mol. The van der Waals surface area contributed by atoms with Crippen molar-refractivity contribution in [3.63, 3.8) is 0 Å². The Kier molecular flexibility index (Phi) is 2.34. The van der Waals surface area contributed by atoms with Crippen molar-refractivity contribution in [2.75, 3.05) is 0 Å². The van der Waals surface area contributed by atoms with E-state index in [9.17, 15) is 4.79 Å². The summed E-state index contributed by atoms with van der Waals surface area (Å²) < 4.78 is 0. The van der Waals surface area contributed by atoms with Crippen LogP contribution in [0.5, 0.6) is 0 Å². The molecule has 0 aliphatic heterocycles. The summed E-state index contributed by atoms with van der Waals surface area (Å²) in [7, 11) is 0. The van der Waals surface area contributed by atoms with E-state index in [2.05, 4.69) is 6.58 Å². The van der Waals surface area contributed by atoms with Gasteiger partial charge in [-0.15, -0.1) is 0 Å². The van der Waals surface area contributed by atoms with E-state index in [1.807, 2.05) is 13.8 Å². The van der Waals surface area contributed by atoms with Crippen LogP contribution in [0.3, 0.4) is 0 Å². The van der Waals surface area contributed by atoms with E-state index in [-0.39, 0.29) is 0 Å². The van der Waals surface area contributed by atoms with Gasteiger partial charge in [-0.05, 0) is 11.5 Å². The zero-order chi connectivity index (χ0) is 5.86. The largest absolute Gasteiger partial charge is 0.298 e. The molecular formula is C6H10O. The highest BCUT2D eigenvalue weighted by Gasteiger charge is 1.93. The van der Waals surface area contributed by atoms with Gasteiger partial charge >= 0.3 is 0 Å². The SMILES string of the molecule is C=C(C=O)C(C)C. The van der Waals surface area contributed by atoms with Crippen molar-refractivity contribution in [2.24, 2.45) is 5.92 Å². The molecule has 0 rings (SSSR count). The summed E-state index contributed by atoms with van der Waals surface area (Å²) in [5.74, 6) is 0.303. The van der Waals surface area contributed by atoms with Crippen molar-refractivity contribution in [3.8, 4) is 0 Å². The summed E-state index contributed by atoms with van der Waals surface area (Å²) in [4.78, 5) is 9.85. The van der Waals surface area contributed by atoms with Gasteiger partial charge in [0.25, 0.3) is 0 Å². The summed E-state index contributed by atoms with van der Waals surface area (Å²) in [5, 5.41) is 0. The number of carbonyl (C=O) groups excluding carboxylic acids is 1. The number of aldehydes is 1. The average Bonchev–Trinajstić information content (AvgIpc) is 1.65. The van der Waals surface area contributed by atoms with Gasteiger partial charge in [0.15, 0.2) is 0 Å². The Morgan fingerprint density at radius 1 is 1.71 bits per heavy atom. The van der Waals surface area contributed by atoms with Gasteiger partial charge in [0, 0.05) is 0 Å². The highest BCUT2D eigenvalue weighted by Crippen LogP contribution is 2.00. The minimum atomic E-state index is 0.303. The van der Waals surface area contributed by atoms with Gasteiger partial charge in [-0.1, -0.05) is 20.4 Å². The molecule has 0 saturated heterocycles. The van der Waals surface area contributed by atoms with E-state index in [1.54, 1.807) is 0 Å². The summed E-state index contributed by atoms with van der Waals surface area (Å²) in [5.41, 5.74) is 0.667. The summed E-state index contributed by atoms with van der Waals surface area (Å²) >= 11 is 0. The van der Waals surface area contributed by atoms with E-state index < -0.39 is 0 Å². The minimum absolute atomic E-state index is 0.303. The molecule has 7 heavy (non-hydrogen) atoms. The standard InChI is InChI=1S/C6H10O/c1-5(2)6(3)4-7/h4-5H,3H2,1-2H3. The van der Waals surface area contributed by atoms with Crippen LogP contribution in [0.1, 0.15) is 13.8 Å². The maximum Gasteiger partial charge on any atom is 0.145 e. The summed E-state index contributed by atoms with van der Waals surface area (Å²) in [6.07, 6.45) is 0.796. The molecule has 0 bridgehead atoms. The third-order valence-corrected chi connectivity index (χ3v) is 0.893. The second-order valence-electron chi connectivity index (χ2n) is 1.85. The molecule has 1 heteroatoms. The van der Waals surface area contributed by atoms with Crippen molar-refractivity contribution in [2.45, 2.75) is 13.8 Å². The number of carbonyl (C=O) groups is 1. The van der Waals surface area contributed by atoms with Crippen molar-refractivity contribution in [1.29, 1.82) is 0 Å². The van der Waals surface area contributed by atoms with Crippen LogP contribution >= 0.6 is 0 Å². The quantitative estimate of drug-likeness (QED) is 0.377. The van der Waals surface area contributed by atoms with E-state index in [1.165, 1.54) is 0 Å². The van der Waals surface area contributed by atoms with Crippen molar-refractivity contribution in [1.82, 2.24) is 0 Å². The lowest BCUT2D eigenvalue weighted by Crippen LogP contribution is -1.91. The maximum absolute atomic E-state index is 9.85. The molecule has 0 amide bonds. The molecule has 0 aromatic heterocycles. The molecule has 0 aromatic carbocycles. The fourth-order valence-electron chi connectivity index (χ4n) is 0.136. The van der Waals surface area contributed by atoms with Crippen LogP contribution in [-0.4, -0.2) is 6.29 Å². The van der Waals surface area contributed by atoms with Gasteiger partial charge < -0.3 is 0 Å². The first-order valence-corrected chi connectivity index (χ1v) is 2.32. The van der Waals surface area contributed by atoms with Crippen molar-refractivity contribution >= 4 is 6.29 Å². The first-order valence-electron chi connectivity index (χ1n) is 2.32. The number of rotatable bonds is 2. The van der Waals surface area contributed by atoms with Crippen LogP contribution in [0.2, 0.25) is 0 Å². The highest BCUT2D eigenvalue weighted by atomic mass is 16.1. The topological polar surface area (TPSA) is 17.1 Å². The fourth-order valence-corrected chi connectivity index (χ4v) is 0.136.